The number of nitrogens with one attached hydrogen (secondary N) is 1. The molecule has 1 rings (SSSR count). The van der Waals surface area contributed by atoms with Gasteiger partial charge in [0, 0.05) is 12.1 Å². The summed E-state index contributed by atoms with van der Waals surface area (Å²) in [4.78, 5) is 16.3. The van der Waals surface area contributed by atoms with Gasteiger partial charge in [-0.3, -0.25) is 4.79 Å². The molecule has 0 saturated carbocycles. The molecule has 0 radical (unpaired) electrons. The van der Waals surface area contributed by atoms with E-state index in [-0.39, 0.29) is 5.91 Å². The molecule has 1 aromatic carbocycles. The number of aryl methyl sites for hydroxylation is 1. The van der Waals surface area contributed by atoms with Crippen LogP contribution in [-0.2, 0) is 4.79 Å². The summed E-state index contributed by atoms with van der Waals surface area (Å²) in [5.74, 6) is 0.585. The highest BCUT2D eigenvalue weighted by Crippen LogP contribution is 2.23. The Morgan fingerprint density at radius 2 is 1.78 bits per heavy atom. The van der Waals surface area contributed by atoms with Crippen molar-refractivity contribution in [3.8, 4) is 0 Å². The highest BCUT2D eigenvalue weighted by molar-refractivity contribution is 5.91. The second-order valence-electron chi connectivity index (χ2n) is 6.17. The fourth-order valence-electron chi connectivity index (χ4n) is 2.46. The monoisotopic (exact) mass is 317 g/mol. The predicted molar refractivity (Wildman–Crippen MR) is 99.4 cm³/mol. The van der Waals surface area contributed by atoms with Gasteiger partial charge in [0.05, 0.1) is 11.5 Å². The second-order valence-corrected chi connectivity index (χ2v) is 6.17. The van der Waals surface area contributed by atoms with Crippen LogP contribution < -0.4 is 11.1 Å². The molecule has 0 atom stereocenters. The molecule has 0 fully saturated rings. The van der Waals surface area contributed by atoms with Gasteiger partial charge in [-0.15, -0.1) is 0 Å². The maximum absolute atomic E-state index is 12.0. The summed E-state index contributed by atoms with van der Waals surface area (Å²) in [5.41, 5.74) is 8.26. The number of unbranched alkanes of at least 4 members (excludes halogenated alkanes) is 6. The number of amides is 1. The number of aliphatic imine (C=N–C) groups is 1. The van der Waals surface area contributed by atoms with Gasteiger partial charge in [-0.25, -0.2) is 4.99 Å². The number of hydrogen-bond donors (Lipinski definition) is 2. The standard InChI is InChI=1S/C19H31N3O/c1-4-5-6-7-8-9-10-11-19(23)22-17-13-12-15(2)18(14-17)21-16(3)20/h12-14H,4-11H2,1-3H3,(H2,20,21)(H,22,23). The van der Waals surface area contributed by atoms with E-state index in [1.165, 1.54) is 32.1 Å². The Kier molecular flexibility index (Phi) is 9.03. The van der Waals surface area contributed by atoms with E-state index in [2.05, 4.69) is 17.2 Å². The molecule has 0 bridgehead atoms. The first-order chi connectivity index (χ1) is 11.0. The summed E-state index contributed by atoms with van der Waals surface area (Å²) < 4.78 is 0. The van der Waals surface area contributed by atoms with Crippen molar-refractivity contribution in [3.63, 3.8) is 0 Å². The Balaban J connectivity index is 2.35. The summed E-state index contributed by atoms with van der Waals surface area (Å²) in [5, 5.41) is 2.94. The van der Waals surface area contributed by atoms with Crippen LogP contribution in [0.2, 0.25) is 0 Å². The SMILES string of the molecule is CCCCCCCCCC(=O)Nc1ccc(C)c(N=C(C)N)c1. The lowest BCUT2D eigenvalue weighted by Gasteiger charge is -2.08. The normalized spacial score (nSPS) is 11.5. The number of nitrogens with two attached hydrogens (primary N) is 1. The molecule has 0 saturated heterocycles. The molecule has 0 aliphatic rings. The molecule has 128 valence electrons. The molecule has 23 heavy (non-hydrogen) atoms. The van der Waals surface area contributed by atoms with Gasteiger partial charge in [0.1, 0.15) is 0 Å². The van der Waals surface area contributed by atoms with E-state index in [0.717, 1.165) is 29.8 Å². The van der Waals surface area contributed by atoms with Crippen molar-refractivity contribution < 1.29 is 4.79 Å². The molecule has 0 aliphatic carbocycles. The van der Waals surface area contributed by atoms with Gasteiger partial charge in [-0.2, -0.15) is 0 Å². The summed E-state index contributed by atoms with van der Waals surface area (Å²) >= 11 is 0. The molecular formula is C19H31N3O. The Morgan fingerprint density at radius 1 is 1.13 bits per heavy atom. The van der Waals surface area contributed by atoms with E-state index >= 15 is 0 Å². The molecule has 1 amide bonds. The zero-order valence-corrected chi connectivity index (χ0v) is 14.8. The number of rotatable bonds is 10. The number of nitrogens with zero attached hydrogens (tertiary/aromatic N) is 1. The largest absolute Gasteiger partial charge is 0.387 e. The van der Waals surface area contributed by atoms with Gasteiger partial charge < -0.3 is 11.1 Å². The number of anilines is 1. The van der Waals surface area contributed by atoms with Crippen LogP contribution in [0.5, 0.6) is 0 Å². The molecule has 3 N–H and O–H groups in total. The van der Waals surface area contributed by atoms with Crippen molar-refractivity contribution >= 4 is 23.1 Å². The van der Waals surface area contributed by atoms with Crippen LogP contribution in [0.25, 0.3) is 0 Å². The lowest BCUT2D eigenvalue weighted by atomic mass is 10.1. The highest BCUT2D eigenvalue weighted by atomic mass is 16.1. The molecule has 0 unspecified atom stereocenters. The Labute approximate surface area is 140 Å². The van der Waals surface area contributed by atoms with Crippen LogP contribution in [0, 0.1) is 6.92 Å². The van der Waals surface area contributed by atoms with Gasteiger partial charge in [0.2, 0.25) is 5.91 Å². The van der Waals surface area contributed by atoms with Gasteiger partial charge in [-0.1, -0.05) is 51.5 Å². The molecule has 0 spiro atoms. The predicted octanol–water partition coefficient (Wildman–Crippen LogP) is 5.08. The molecular weight excluding hydrogens is 286 g/mol. The second kappa shape index (κ2) is 10.8. The van der Waals surface area contributed by atoms with E-state index in [0.29, 0.717) is 12.3 Å². The van der Waals surface area contributed by atoms with Crippen LogP contribution in [0.3, 0.4) is 0 Å². The minimum atomic E-state index is 0.0711. The van der Waals surface area contributed by atoms with E-state index in [4.69, 9.17) is 5.73 Å². The third-order valence-electron chi connectivity index (χ3n) is 3.80. The van der Waals surface area contributed by atoms with E-state index < -0.39 is 0 Å². The zero-order chi connectivity index (χ0) is 17.1. The van der Waals surface area contributed by atoms with E-state index in [9.17, 15) is 4.79 Å². The third-order valence-corrected chi connectivity index (χ3v) is 3.80. The fourth-order valence-corrected chi connectivity index (χ4v) is 2.46. The summed E-state index contributed by atoms with van der Waals surface area (Å²) in [6, 6.07) is 5.72. The summed E-state index contributed by atoms with van der Waals surface area (Å²) in [6.45, 7) is 5.96. The average Bonchev–Trinajstić information content (AvgIpc) is 2.49. The molecule has 4 heteroatoms. The van der Waals surface area contributed by atoms with Crippen LogP contribution in [0.15, 0.2) is 23.2 Å². The van der Waals surface area contributed by atoms with Crippen molar-refractivity contribution in [1.82, 2.24) is 0 Å². The molecule has 0 aromatic heterocycles. The number of carbonyl (C=O) groups is 1. The van der Waals surface area contributed by atoms with Crippen molar-refractivity contribution in [2.75, 3.05) is 5.32 Å². The number of carbonyl (C=O) groups excluding carboxylic acids is 1. The number of hydrogen-bond acceptors (Lipinski definition) is 2. The number of benzene rings is 1. The van der Waals surface area contributed by atoms with Crippen LogP contribution in [0.4, 0.5) is 11.4 Å². The third kappa shape index (κ3) is 8.38. The number of amidine groups is 1. The van der Waals surface area contributed by atoms with Crippen molar-refractivity contribution in [2.45, 2.75) is 72.1 Å². The van der Waals surface area contributed by atoms with Crippen LogP contribution in [-0.4, -0.2) is 11.7 Å². The molecule has 1 aromatic rings. The lowest BCUT2D eigenvalue weighted by Crippen LogP contribution is -2.11. The maximum Gasteiger partial charge on any atom is 0.224 e. The quantitative estimate of drug-likeness (QED) is 0.359. The van der Waals surface area contributed by atoms with Gasteiger partial charge >= 0.3 is 0 Å². The van der Waals surface area contributed by atoms with Crippen molar-refractivity contribution in [1.29, 1.82) is 0 Å². The first-order valence-corrected chi connectivity index (χ1v) is 8.74. The Bertz CT molecular complexity index is 519. The Hall–Kier alpha value is -1.84. The molecule has 0 aliphatic heterocycles. The molecule has 4 nitrogen and oxygen atoms in total. The maximum atomic E-state index is 12.0. The lowest BCUT2D eigenvalue weighted by molar-refractivity contribution is -0.116. The fraction of sp³-hybridized carbons (Fsp3) is 0.579. The van der Waals surface area contributed by atoms with Gasteiger partial charge in [0.25, 0.3) is 0 Å². The van der Waals surface area contributed by atoms with Gasteiger partial charge in [0.15, 0.2) is 0 Å². The zero-order valence-electron chi connectivity index (χ0n) is 14.8. The van der Waals surface area contributed by atoms with Crippen LogP contribution >= 0.6 is 0 Å². The van der Waals surface area contributed by atoms with Gasteiger partial charge in [-0.05, 0) is 38.0 Å². The highest BCUT2D eigenvalue weighted by Gasteiger charge is 2.05. The van der Waals surface area contributed by atoms with Crippen molar-refractivity contribution in [2.24, 2.45) is 10.7 Å². The van der Waals surface area contributed by atoms with E-state index in [1.54, 1.807) is 6.92 Å². The first-order valence-electron chi connectivity index (χ1n) is 8.74. The first kappa shape index (κ1) is 19.2. The van der Waals surface area contributed by atoms with Crippen LogP contribution in [0.1, 0.15) is 70.8 Å². The minimum absolute atomic E-state index is 0.0711. The van der Waals surface area contributed by atoms with E-state index in [1.807, 2.05) is 25.1 Å². The Morgan fingerprint density at radius 3 is 2.43 bits per heavy atom. The molecule has 0 heterocycles. The minimum Gasteiger partial charge on any atom is -0.387 e. The summed E-state index contributed by atoms with van der Waals surface area (Å²) in [6.07, 6.45) is 9.09. The average molecular weight is 317 g/mol. The topological polar surface area (TPSA) is 67.5 Å². The smallest absolute Gasteiger partial charge is 0.224 e. The van der Waals surface area contributed by atoms with Crippen molar-refractivity contribution in [3.05, 3.63) is 23.8 Å². The summed E-state index contributed by atoms with van der Waals surface area (Å²) in [7, 11) is 0.